The van der Waals surface area contributed by atoms with Crippen molar-refractivity contribution in [2.24, 2.45) is 0 Å². The highest BCUT2D eigenvalue weighted by atomic mass is 32.2. The van der Waals surface area contributed by atoms with Gasteiger partial charge in [0, 0.05) is 13.1 Å². The fourth-order valence-electron chi connectivity index (χ4n) is 2.94. The van der Waals surface area contributed by atoms with Crippen molar-refractivity contribution in [3.05, 3.63) is 71.3 Å². The molecule has 0 aromatic heterocycles. The van der Waals surface area contributed by atoms with E-state index in [1.54, 1.807) is 4.31 Å². The van der Waals surface area contributed by atoms with Crippen LogP contribution in [0.4, 0.5) is 0 Å². The minimum absolute atomic E-state index is 0.181. The van der Waals surface area contributed by atoms with Crippen LogP contribution in [-0.4, -0.2) is 36.6 Å². The summed E-state index contributed by atoms with van der Waals surface area (Å²) in [5.74, 6) is 0.226. The summed E-state index contributed by atoms with van der Waals surface area (Å²) in [6.07, 6.45) is 2.48. The predicted octanol–water partition coefficient (Wildman–Crippen LogP) is 2.13. The largest absolute Gasteiger partial charge is 0.289 e. The Morgan fingerprint density at radius 1 is 1.04 bits per heavy atom. The zero-order valence-electron chi connectivity index (χ0n) is 14.5. The van der Waals surface area contributed by atoms with Crippen LogP contribution < -0.4 is 5.48 Å². The molecule has 2 aromatic carbocycles. The molecule has 1 heterocycles. The lowest BCUT2D eigenvalue weighted by molar-refractivity contribution is -0.116. The van der Waals surface area contributed by atoms with Crippen LogP contribution in [0.25, 0.3) is 0 Å². The van der Waals surface area contributed by atoms with Crippen LogP contribution in [0.2, 0.25) is 0 Å². The number of aryl methyl sites for hydroxylation is 1. The molecule has 0 saturated heterocycles. The number of hydrogen-bond donors (Lipinski definition) is 2. The van der Waals surface area contributed by atoms with Crippen molar-refractivity contribution >= 4 is 16.4 Å². The molecule has 140 valence electrons. The minimum Gasteiger partial charge on any atom is -0.289 e. The van der Waals surface area contributed by atoms with E-state index in [4.69, 9.17) is 10.0 Å². The molecule has 1 amide bonds. The van der Waals surface area contributed by atoms with Crippen LogP contribution in [0, 0.1) is 0 Å². The maximum Gasteiger partial charge on any atom is 0.230 e. The van der Waals surface area contributed by atoms with Gasteiger partial charge in [0.1, 0.15) is 0 Å². The highest BCUT2D eigenvalue weighted by Gasteiger charge is 2.25. The quantitative estimate of drug-likeness (QED) is 0.459. The molecule has 0 aliphatic carbocycles. The van der Waals surface area contributed by atoms with Gasteiger partial charge in [-0.2, -0.15) is 4.31 Å². The Morgan fingerprint density at radius 3 is 2.31 bits per heavy atom. The predicted molar refractivity (Wildman–Crippen MR) is 100 cm³/mol. The van der Waals surface area contributed by atoms with Gasteiger partial charge in [0.2, 0.25) is 16.4 Å². The summed E-state index contributed by atoms with van der Waals surface area (Å²) >= 11 is 0. The van der Waals surface area contributed by atoms with Crippen LogP contribution in [0.15, 0.2) is 54.6 Å². The molecule has 3 rings (SSSR count). The third kappa shape index (κ3) is 5.94. The molecule has 1 aliphatic heterocycles. The summed E-state index contributed by atoms with van der Waals surface area (Å²) in [6.45, 7) is 1.12. The number of nitrogens with one attached hydrogen (secondary N) is 1. The van der Waals surface area contributed by atoms with E-state index in [0.29, 0.717) is 19.5 Å². The molecule has 26 heavy (non-hydrogen) atoms. The first kappa shape index (κ1) is 20.1. The molecule has 0 saturated carbocycles. The maximum atomic E-state index is 12.5. The topological polar surface area (TPSA) is 86.7 Å². The number of benzene rings is 2. The number of carbonyl (C=O) groups excluding carboxylic acids is 1. The van der Waals surface area contributed by atoms with Crippen LogP contribution >= 0.6 is 0 Å². The second-order valence-electron chi connectivity index (χ2n) is 6.00. The molecule has 0 bridgehead atoms. The standard InChI is InChI=1S/C18H21NO2S.CH3NO2/c20-22(21,14-6-9-16-7-2-1-3-8-16)19-13-12-17-10-4-5-11-18(17)15-19;3-1-2-4/h1-5,7-8,10-11H,6,9,12-15H2;1,4H,(H,2,3). The summed E-state index contributed by atoms with van der Waals surface area (Å²) < 4.78 is 26.7. The Hall–Kier alpha value is -2.22. The van der Waals surface area contributed by atoms with E-state index in [1.165, 1.54) is 16.6 Å². The first-order valence-electron chi connectivity index (χ1n) is 8.48. The number of amides is 1. The van der Waals surface area contributed by atoms with Crippen molar-refractivity contribution in [1.82, 2.24) is 9.79 Å². The number of carbonyl (C=O) groups is 1. The Morgan fingerprint density at radius 2 is 1.65 bits per heavy atom. The van der Waals surface area contributed by atoms with Gasteiger partial charge in [-0.25, -0.2) is 13.9 Å². The Kier molecular flexibility index (Phi) is 7.77. The summed E-state index contributed by atoms with van der Waals surface area (Å²) in [4.78, 5) is 8.81. The van der Waals surface area contributed by atoms with Gasteiger partial charge in [0.25, 0.3) is 0 Å². The molecule has 0 unspecified atom stereocenters. The van der Waals surface area contributed by atoms with Gasteiger partial charge >= 0.3 is 0 Å². The Labute approximate surface area is 154 Å². The zero-order valence-corrected chi connectivity index (χ0v) is 15.4. The van der Waals surface area contributed by atoms with Gasteiger partial charge in [-0.15, -0.1) is 0 Å². The third-order valence-corrected chi connectivity index (χ3v) is 6.16. The van der Waals surface area contributed by atoms with Gasteiger partial charge in [-0.05, 0) is 36.0 Å². The van der Waals surface area contributed by atoms with Gasteiger partial charge in [0.05, 0.1) is 5.75 Å². The van der Waals surface area contributed by atoms with Crippen molar-refractivity contribution in [3.63, 3.8) is 0 Å². The molecule has 6 nitrogen and oxygen atoms in total. The fourth-order valence-corrected chi connectivity index (χ4v) is 4.41. The van der Waals surface area contributed by atoms with E-state index in [9.17, 15) is 8.42 Å². The zero-order chi connectivity index (χ0) is 18.8. The monoisotopic (exact) mass is 376 g/mol. The lowest BCUT2D eigenvalue weighted by atomic mass is 10.0. The van der Waals surface area contributed by atoms with Crippen LogP contribution in [0.3, 0.4) is 0 Å². The average molecular weight is 376 g/mol. The van der Waals surface area contributed by atoms with Crippen LogP contribution in [-0.2, 0) is 34.2 Å². The van der Waals surface area contributed by atoms with E-state index in [0.717, 1.165) is 18.4 Å². The maximum absolute atomic E-state index is 12.5. The highest BCUT2D eigenvalue weighted by molar-refractivity contribution is 7.89. The first-order valence-corrected chi connectivity index (χ1v) is 10.1. The van der Waals surface area contributed by atoms with Crippen molar-refractivity contribution in [2.45, 2.75) is 25.8 Å². The molecule has 7 heteroatoms. The molecule has 0 atom stereocenters. The van der Waals surface area contributed by atoms with Gasteiger partial charge < -0.3 is 0 Å². The number of nitrogens with zero attached hydrogens (tertiary/aromatic N) is 1. The highest BCUT2D eigenvalue weighted by Crippen LogP contribution is 2.21. The summed E-state index contributed by atoms with van der Waals surface area (Å²) in [5, 5.41) is 7.26. The van der Waals surface area contributed by atoms with Crippen LogP contribution in [0.5, 0.6) is 0 Å². The second kappa shape index (κ2) is 10.1. The van der Waals surface area contributed by atoms with E-state index in [-0.39, 0.29) is 12.2 Å². The lowest BCUT2D eigenvalue weighted by Crippen LogP contribution is -2.37. The molecular weight excluding hydrogens is 352 g/mol. The molecular formula is C19H24N2O4S. The number of rotatable bonds is 6. The molecule has 0 radical (unpaired) electrons. The Balaban J connectivity index is 0.000000552. The number of fused-ring (bicyclic) bond motifs is 1. The normalized spacial score (nSPS) is 13.9. The van der Waals surface area contributed by atoms with E-state index >= 15 is 0 Å². The first-order chi connectivity index (χ1) is 12.6. The van der Waals surface area contributed by atoms with Crippen LogP contribution in [0.1, 0.15) is 23.1 Å². The molecule has 1 aliphatic rings. The molecule has 0 fully saturated rings. The van der Waals surface area contributed by atoms with Gasteiger partial charge in [-0.1, -0.05) is 54.6 Å². The third-order valence-electron chi connectivity index (χ3n) is 4.25. The summed E-state index contributed by atoms with van der Waals surface area (Å²) in [6, 6.07) is 18.2. The van der Waals surface area contributed by atoms with Crippen molar-refractivity contribution < 1.29 is 18.4 Å². The smallest absolute Gasteiger partial charge is 0.230 e. The van der Waals surface area contributed by atoms with Crippen molar-refractivity contribution in [3.8, 4) is 0 Å². The minimum atomic E-state index is -3.16. The molecule has 2 N–H and O–H groups in total. The molecule has 0 spiro atoms. The number of hydrogen-bond acceptors (Lipinski definition) is 4. The summed E-state index contributed by atoms with van der Waals surface area (Å²) in [5.41, 5.74) is 4.86. The van der Waals surface area contributed by atoms with Crippen molar-refractivity contribution in [2.75, 3.05) is 12.3 Å². The lowest BCUT2D eigenvalue weighted by Gasteiger charge is -2.28. The Bertz CT molecular complexity index is 794. The fraction of sp³-hybridized carbons (Fsp3) is 0.316. The van der Waals surface area contributed by atoms with E-state index in [2.05, 4.69) is 6.07 Å². The number of sulfonamides is 1. The average Bonchev–Trinajstić information content (AvgIpc) is 2.68. The van der Waals surface area contributed by atoms with Gasteiger partial charge in [0.15, 0.2) is 0 Å². The summed E-state index contributed by atoms with van der Waals surface area (Å²) in [7, 11) is -3.16. The number of hydroxylamine groups is 1. The second-order valence-corrected chi connectivity index (χ2v) is 8.09. The SMILES string of the molecule is O=CNO.O=S(=O)(CCCc1ccccc1)N1CCc2ccccc2C1. The van der Waals surface area contributed by atoms with E-state index in [1.807, 2.05) is 48.5 Å². The van der Waals surface area contributed by atoms with Gasteiger partial charge in [-0.3, -0.25) is 10.0 Å². The van der Waals surface area contributed by atoms with E-state index < -0.39 is 10.0 Å². The van der Waals surface area contributed by atoms with Crippen molar-refractivity contribution in [1.29, 1.82) is 0 Å². The molecule has 2 aromatic rings.